The fraction of sp³-hybridized carbons (Fsp3) is 0.267. The van der Waals surface area contributed by atoms with Gasteiger partial charge in [0, 0.05) is 0 Å². The van der Waals surface area contributed by atoms with Gasteiger partial charge in [-0.2, -0.15) is 39.5 Å². The van der Waals surface area contributed by atoms with Crippen LogP contribution in [0.3, 0.4) is 0 Å². The fourth-order valence-electron chi connectivity index (χ4n) is 4.74. The van der Waals surface area contributed by atoms with E-state index >= 15 is 0 Å². The monoisotopic (exact) mass is 1150 g/mol. The number of hydrogen-bond acceptors (Lipinski definition) is 9. The normalized spacial score (nSPS) is 10.3. The molecule has 0 bridgehead atoms. The molecule has 384 valence electrons. The Kier molecular flexibility index (Phi) is 39.4. The third kappa shape index (κ3) is 26.5. The van der Waals surface area contributed by atoms with Crippen molar-refractivity contribution in [3.63, 3.8) is 0 Å². The topological polar surface area (TPSA) is 187 Å². The zero-order chi connectivity index (χ0) is 52.3. The zero-order valence-corrected chi connectivity index (χ0v) is 41.2. The molecule has 0 aliphatic rings. The molecule has 0 aliphatic heterocycles. The molecule has 0 radical (unpaired) electrons. The van der Waals surface area contributed by atoms with Gasteiger partial charge in [-0.25, -0.2) is 0 Å². The Labute approximate surface area is 430 Å². The van der Waals surface area contributed by atoms with E-state index in [-0.39, 0.29) is 117 Å². The number of benzene rings is 5. The van der Waals surface area contributed by atoms with Gasteiger partial charge < -0.3 is 74.1 Å². The smallest absolute Gasteiger partial charge is 1.00 e. The number of phenols is 5. The summed E-state index contributed by atoms with van der Waals surface area (Å²) in [5.74, 6) is -0.229. The molecule has 0 amide bonds. The Hall–Kier alpha value is -5.01. The fourth-order valence-corrected chi connectivity index (χ4v) is 4.74. The van der Waals surface area contributed by atoms with Crippen LogP contribution in [0.2, 0.25) is 0 Å². The molecule has 0 saturated heterocycles. The molecule has 69 heavy (non-hydrogen) atoms. The van der Waals surface area contributed by atoms with Gasteiger partial charge in [0.05, 0.1) is 11.4 Å². The second-order valence-corrected chi connectivity index (χ2v) is 12.4. The summed E-state index contributed by atoms with van der Waals surface area (Å²) in [5, 5.41) is 45.9. The number of hydrogen-bond donors (Lipinski definition) is 7. The minimum atomic E-state index is -4.64. The van der Waals surface area contributed by atoms with Gasteiger partial charge in [0.2, 0.25) is 12.0 Å². The predicted octanol–water partition coefficient (Wildman–Crippen LogP) is 10.3. The zero-order valence-electron chi connectivity index (χ0n) is 36.8. The maximum absolute atomic E-state index is 13.7. The summed E-state index contributed by atoms with van der Waals surface area (Å²) >= 11 is 4.32. The number of phenolic OH excluding ortho intramolecular Hbond substituents is 5. The Morgan fingerprint density at radius 2 is 0.725 bits per heavy atom. The summed E-state index contributed by atoms with van der Waals surface area (Å²) in [6, 6.07) is 25.3. The minimum Gasteiger partial charge on any atom is -1.00 e. The number of para-hydroxylation sites is 1. The molecule has 0 atom stereocenters. The van der Waals surface area contributed by atoms with E-state index in [4.69, 9.17) is 26.2 Å². The molecule has 9 nitrogen and oxygen atoms in total. The third-order valence-electron chi connectivity index (χ3n) is 8.12. The molecule has 24 heteroatoms. The van der Waals surface area contributed by atoms with Crippen LogP contribution in [0.1, 0.15) is 71.2 Å². The minimum absolute atomic E-state index is 0. The molecule has 5 aromatic carbocycles. The summed E-state index contributed by atoms with van der Waals surface area (Å²) in [5.41, 5.74) is 5.88. The first-order chi connectivity index (χ1) is 30.4. The Bertz CT molecular complexity index is 2020. The van der Waals surface area contributed by atoms with Crippen molar-refractivity contribution in [2.75, 3.05) is 11.5 Å². The van der Waals surface area contributed by atoms with Gasteiger partial charge in [-0.05, 0) is 108 Å². The average molecular weight is 1150 g/mol. The first kappa shape index (κ1) is 75.5. The van der Waals surface area contributed by atoms with Gasteiger partial charge in [0.1, 0.15) is 39.6 Å². The quantitative estimate of drug-likeness (QED) is 0.0134. The Morgan fingerprint density at radius 1 is 0.507 bits per heavy atom. The molecule has 0 aromatic heterocycles. The van der Waals surface area contributed by atoms with E-state index < -0.39 is 42.3 Å². The van der Waals surface area contributed by atoms with E-state index in [1.807, 2.05) is 33.8 Å². The summed E-state index contributed by atoms with van der Waals surface area (Å²) in [4.78, 5) is 17.3. The number of carbonyl (C=O) groups is 2. The number of alkyl halides is 9. The predicted molar refractivity (Wildman–Crippen MR) is 241 cm³/mol. The summed E-state index contributed by atoms with van der Waals surface area (Å²) < 4.78 is 142. The van der Waals surface area contributed by atoms with Gasteiger partial charge in [0.25, 0.3) is 0 Å². The summed E-state index contributed by atoms with van der Waals surface area (Å²) in [7, 11) is 0. The Balaban J connectivity index is -0.000000192. The van der Waals surface area contributed by atoms with Gasteiger partial charge in [-0.1, -0.05) is 89.7 Å². The van der Waals surface area contributed by atoms with Crippen molar-refractivity contribution in [2.45, 2.75) is 78.3 Å². The van der Waals surface area contributed by atoms with Crippen LogP contribution in [0.5, 0.6) is 28.7 Å². The van der Waals surface area contributed by atoms with Gasteiger partial charge in [-0.15, -0.1) is 0 Å². The molecule has 0 spiro atoms. The maximum atomic E-state index is 13.7. The van der Waals surface area contributed by atoms with Crippen LogP contribution < -0.4 is 35.4 Å². The number of halogens is 14. The van der Waals surface area contributed by atoms with Crippen molar-refractivity contribution < 1.29 is 112 Å². The number of nitrogen functional groups attached to an aromatic ring is 2. The van der Waals surface area contributed by atoms with Gasteiger partial charge in [0.15, 0.2) is 6.68 Å². The maximum Gasteiger partial charge on any atom is 2.00 e. The SMILES string of the molecule is C.CC.CC.CC(c1ccc(O)c(N)c1)(c1ccc(O)c(N)c1)C(F)(F)F.CC(c1ccc(O)cc1)(c1ccc(O)cc1)C(F)(F)F.F[C-](F)F.O=CC(F)(F)F.O=CCl.Oc1ccccc1.[I-].[Mg+2]. The summed E-state index contributed by atoms with van der Waals surface area (Å²) in [6.07, 6.45) is -14.9. The standard InChI is InChI=1S/C15H15F3N2O2.C15H13F3O2.C6H6O.C2HF3O.2C2H6.CHClO.CF3.CH4.HI.Mg/c1-14(15(16,17)18,8-2-4-12(21)10(19)6-8)9-3-5-13(22)11(20)7-9;1-14(15(16,17)18,10-2-6-12(19)7-3-10)11-4-8-13(20)9-5-11;7-6-4-2-1-3-5-6;3-2(4,5)1-6;2*1-2;2-1-3;2-1(3)4;;;/h2-7,21-22H,19-20H2,1H3;2-9,19-20H,1H3;1-5,7H;1H;2*1-2H3;1H;;1H4;1H;/q;;;;;;;-1;;;+2/p-1. The second-order valence-electron chi connectivity index (χ2n) is 12.2. The third-order valence-corrected chi connectivity index (χ3v) is 8.12. The second kappa shape index (κ2) is 36.0. The largest absolute Gasteiger partial charge is 2.00 e. The number of nitrogens with two attached hydrogens (primary N) is 2. The van der Waals surface area contributed by atoms with Crippen molar-refractivity contribution in [1.82, 2.24) is 0 Å². The molecule has 5 aromatic rings. The van der Waals surface area contributed by atoms with E-state index in [0.717, 1.165) is 50.2 Å². The first-order valence-electron chi connectivity index (χ1n) is 18.5. The molecule has 5 rings (SSSR count). The van der Waals surface area contributed by atoms with Crippen LogP contribution in [0.15, 0.2) is 115 Å². The molecule has 0 saturated carbocycles. The van der Waals surface area contributed by atoms with Crippen molar-refractivity contribution in [1.29, 1.82) is 0 Å². The molecule has 0 unspecified atom stereocenters. The van der Waals surface area contributed by atoms with Crippen molar-refractivity contribution >= 4 is 58.1 Å². The van der Waals surface area contributed by atoms with E-state index in [0.29, 0.717) is 5.75 Å². The molecule has 0 heterocycles. The van der Waals surface area contributed by atoms with Crippen LogP contribution in [-0.4, -0.2) is 79.1 Å². The van der Waals surface area contributed by atoms with E-state index in [1.165, 1.54) is 48.5 Å². The van der Waals surface area contributed by atoms with Crippen LogP contribution in [0, 0.1) is 6.68 Å². The first-order valence-corrected chi connectivity index (χ1v) is 18.9. The summed E-state index contributed by atoms with van der Waals surface area (Å²) in [6.45, 7) is 6.98. The molecule has 0 aliphatic carbocycles. The van der Waals surface area contributed by atoms with Gasteiger partial charge in [-0.3, -0.25) is 9.59 Å². The number of aromatic hydroxyl groups is 5. The number of rotatable bonds is 4. The number of anilines is 2. The molecule has 9 N–H and O–H groups in total. The van der Waals surface area contributed by atoms with Crippen LogP contribution in [-0.2, 0) is 20.4 Å². The van der Waals surface area contributed by atoms with E-state index in [2.05, 4.69) is 11.6 Å². The molecule has 0 fully saturated rings. The molecular formula is C45H52ClF12IMgN2O7. The van der Waals surface area contributed by atoms with Gasteiger partial charge >= 0.3 is 41.6 Å². The van der Waals surface area contributed by atoms with Crippen molar-refractivity contribution in [3.05, 3.63) is 144 Å². The number of carbonyl (C=O) groups excluding carboxylic acids is 2. The number of aldehydes is 1. The van der Waals surface area contributed by atoms with E-state index in [1.54, 1.807) is 24.3 Å². The van der Waals surface area contributed by atoms with Crippen LogP contribution in [0.4, 0.5) is 64.1 Å². The van der Waals surface area contributed by atoms with Crippen molar-refractivity contribution in [3.8, 4) is 28.7 Å². The van der Waals surface area contributed by atoms with Crippen LogP contribution in [0.25, 0.3) is 0 Å². The molecular weight excluding hydrogens is 1100 g/mol. The Morgan fingerprint density at radius 3 is 0.913 bits per heavy atom. The van der Waals surface area contributed by atoms with Crippen molar-refractivity contribution in [2.24, 2.45) is 0 Å². The van der Waals surface area contributed by atoms with Crippen LogP contribution >= 0.6 is 11.6 Å². The van der Waals surface area contributed by atoms with E-state index in [9.17, 15) is 73.1 Å². The average Bonchev–Trinajstić information content (AvgIpc) is 3.24.